The molecule has 0 spiro atoms. The molecule has 1 aliphatic carbocycles. The number of fused-ring (bicyclic) bond motifs is 3. The number of rotatable bonds is 3. The van der Waals surface area contributed by atoms with Crippen molar-refractivity contribution in [3.05, 3.63) is 65.7 Å². The maximum absolute atomic E-state index is 10.6. The second-order valence-electron chi connectivity index (χ2n) is 9.34. The smallest absolute Gasteiger partial charge is 0.324 e. The molecule has 0 aromatic heterocycles. The van der Waals surface area contributed by atoms with Crippen molar-refractivity contribution >= 4 is 17.1 Å². The number of hydrogen-bond donors (Lipinski definition) is 3. The molecule has 4 aliphatic rings. The molecule has 2 aromatic carbocycles. The minimum absolute atomic E-state index is 0.0144. The lowest BCUT2D eigenvalue weighted by Gasteiger charge is -2.47. The lowest BCUT2D eigenvalue weighted by Crippen LogP contribution is -2.53. The zero-order chi connectivity index (χ0) is 26.6. The number of phenolic OH excluding ortho intramolecular Hbond substituents is 1. The molecule has 2 fully saturated rings. The van der Waals surface area contributed by atoms with E-state index in [9.17, 15) is 40.6 Å². The van der Waals surface area contributed by atoms with E-state index in [1.54, 1.807) is 0 Å². The Morgan fingerprint density at radius 3 is 2.14 bits per heavy atom. The summed E-state index contributed by atoms with van der Waals surface area (Å²) in [7, 11) is 0. The third-order valence-corrected chi connectivity index (χ3v) is 7.39. The van der Waals surface area contributed by atoms with E-state index < -0.39 is 49.8 Å². The Kier molecular flexibility index (Phi) is 6.05. The van der Waals surface area contributed by atoms with Crippen LogP contribution in [-0.4, -0.2) is 66.6 Å². The molecule has 2 aromatic rings. The highest BCUT2D eigenvalue weighted by Crippen LogP contribution is 2.51. The van der Waals surface area contributed by atoms with E-state index in [1.165, 1.54) is 5.56 Å². The Morgan fingerprint density at radius 1 is 0.919 bits per heavy atom. The maximum Gasteiger partial charge on any atom is 0.324 e. The molecule has 15 heteroatoms. The Morgan fingerprint density at radius 2 is 1.54 bits per heavy atom. The van der Waals surface area contributed by atoms with Gasteiger partial charge in [-0.2, -0.15) is 0 Å². The fraction of sp³-hybridized carbons (Fsp3) is 0.455. The van der Waals surface area contributed by atoms with Gasteiger partial charge in [0.1, 0.15) is 0 Å². The van der Waals surface area contributed by atoms with Crippen LogP contribution in [0.15, 0.2) is 24.3 Å². The van der Waals surface area contributed by atoms with Crippen LogP contribution in [0, 0.1) is 36.3 Å². The van der Waals surface area contributed by atoms with Crippen molar-refractivity contribution in [2.24, 2.45) is 5.92 Å². The van der Waals surface area contributed by atoms with Gasteiger partial charge in [0.25, 0.3) is 11.4 Å². The summed E-state index contributed by atoms with van der Waals surface area (Å²) in [4.78, 5) is 30.2. The van der Waals surface area contributed by atoms with Crippen molar-refractivity contribution in [2.75, 3.05) is 13.3 Å². The minimum Gasteiger partial charge on any atom is -0.497 e. The molecule has 6 rings (SSSR count). The van der Waals surface area contributed by atoms with Crippen LogP contribution in [0.4, 0.5) is 17.1 Å². The summed E-state index contributed by atoms with van der Waals surface area (Å²) in [6.07, 6.45) is 0.531. The number of aliphatic hydroxyl groups excluding tert-OH is 2. The first-order valence-corrected chi connectivity index (χ1v) is 11.4. The lowest BCUT2D eigenvalue weighted by molar-refractivity contribution is -0.404. The number of nitro benzene ring substituents is 3. The van der Waals surface area contributed by atoms with Crippen molar-refractivity contribution in [1.82, 2.24) is 4.90 Å². The van der Waals surface area contributed by atoms with Crippen LogP contribution < -0.4 is 9.47 Å². The predicted octanol–water partition coefficient (Wildman–Crippen LogP) is 1.95. The van der Waals surface area contributed by atoms with Crippen LogP contribution in [-0.2, 0) is 6.54 Å². The van der Waals surface area contributed by atoms with E-state index in [0.29, 0.717) is 24.1 Å². The van der Waals surface area contributed by atoms with E-state index in [-0.39, 0.29) is 12.7 Å². The zero-order valence-electron chi connectivity index (χ0n) is 19.1. The van der Waals surface area contributed by atoms with Gasteiger partial charge >= 0.3 is 11.4 Å². The van der Waals surface area contributed by atoms with Gasteiger partial charge in [-0.1, -0.05) is 0 Å². The van der Waals surface area contributed by atoms with Gasteiger partial charge in [0, 0.05) is 18.5 Å². The van der Waals surface area contributed by atoms with Crippen LogP contribution in [0.2, 0.25) is 0 Å². The number of nitro groups is 3. The van der Waals surface area contributed by atoms with Crippen molar-refractivity contribution in [3.63, 3.8) is 0 Å². The summed E-state index contributed by atoms with van der Waals surface area (Å²) < 4.78 is 11.0. The highest BCUT2D eigenvalue weighted by atomic mass is 16.7. The van der Waals surface area contributed by atoms with Gasteiger partial charge in [0.2, 0.25) is 6.79 Å². The van der Waals surface area contributed by atoms with Crippen molar-refractivity contribution in [1.29, 1.82) is 0 Å². The fourth-order valence-corrected chi connectivity index (χ4v) is 5.81. The maximum atomic E-state index is 10.6. The Labute approximate surface area is 207 Å². The van der Waals surface area contributed by atoms with Crippen LogP contribution in [0.3, 0.4) is 0 Å². The van der Waals surface area contributed by atoms with E-state index in [4.69, 9.17) is 14.6 Å². The number of benzene rings is 2. The first-order valence-electron chi connectivity index (χ1n) is 11.4. The molecule has 15 nitrogen and oxygen atoms in total. The molecule has 3 heterocycles. The molecule has 3 aliphatic heterocycles. The fourth-order valence-electron chi connectivity index (χ4n) is 5.81. The monoisotopic (exact) mass is 518 g/mol. The van der Waals surface area contributed by atoms with Gasteiger partial charge < -0.3 is 24.8 Å². The average Bonchev–Trinajstić information content (AvgIpc) is 3.47. The summed E-state index contributed by atoms with van der Waals surface area (Å²) >= 11 is 0. The number of non-ortho nitro benzene ring substituents is 1. The van der Waals surface area contributed by atoms with Crippen LogP contribution in [0.5, 0.6) is 17.2 Å². The van der Waals surface area contributed by atoms with E-state index >= 15 is 0 Å². The van der Waals surface area contributed by atoms with E-state index in [2.05, 4.69) is 11.0 Å². The van der Waals surface area contributed by atoms with Crippen molar-refractivity contribution < 1.29 is 39.6 Å². The molecule has 0 radical (unpaired) electrons. The second kappa shape index (κ2) is 9.10. The Bertz CT molecular complexity index is 1270. The van der Waals surface area contributed by atoms with E-state index in [1.807, 2.05) is 6.07 Å². The third kappa shape index (κ3) is 4.16. The summed E-state index contributed by atoms with van der Waals surface area (Å²) in [5, 5.41) is 61.0. The number of aliphatic hydroxyl groups is 2. The van der Waals surface area contributed by atoms with E-state index in [0.717, 1.165) is 43.0 Å². The number of phenols is 1. The first-order chi connectivity index (χ1) is 17.6. The third-order valence-electron chi connectivity index (χ3n) is 7.39. The van der Waals surface area contributed by atoms with Gasteiger partial charge in [0.05, 0.1) is 39.1 Å². The molecule has 196 valence electrons. The van der Waals surface area contributed by atoms with Gasteiger partial charge in [0.15, 0.2) is 11.5 Å². The standard InChI is InChI=1S/C16H19NO4.C6H3N3O7/c18-11-3-8-1-2-17-6-9-4-12-13(21-7-20-12)5-10(9)14(15(8)17)16(11)19;10-6-4(8(13)14)1-3(7(11)12)2-5(6)9(15)16/h4-5,8,11,14-16,18-19H,1-3,6-7H2;1-2,10H/t8?,11?,14-,15?,16?;/m0./s1. The SMILES string of the molecule is O=[N+]([O-])c1cc([N+](=O)[O-])c(O)c([N+](=O)[O-])c1.OC1CC2CCN3Cc4cc5c(cc4[C@H](C1O)C23)OCO5. The van der Waals surface area contributed by atoms with Crippen molar-refractivity contribution in [3.8, 4) is 17.2 Å². The zero-order valence-corrected chi connectivity index (χ0v) is 19.1. The van der Waals surface area contributed by atoms with Crippen molar-refractivity contribution in [2.45, 2.75) is 43.6 Å². The summed E-state index contributed by atoms with van der Waals surface area (Å²) in [5.74, 6) is 0.838. The Balaban J connectivity index is 0.000000159. The summed E-state index contributed by atoms with van der Waals surface area (Å²) in [6, 6.07) is 5.33. The predicted molar refractivity (Wildman–Crippen MR) is 122 cm³/mol. The molecule has 0 bridgehead atoms. The first kappa shape index (κ1) is 24.6. The normalized spacial score (nSPS) is 26.9. The second-order valence-corrected chi connectivity index (χ2v) is 9.34. The molecular weight excluding hydrogens is 496 g/mol. The van der Waals surface area contributed by atoms with Gasteiger partial charge in [-0.15, -0.1) is 0 Å². The average molecular weight is 518 g/mol. The topological polar surface area (TPSA) is 212 Å². The molecule has 1 saturated heterocycles. The van der Waals surface area contributed by atoms with Crippen LogP contribution >= 0.6 is 0 Å². The number of nitrogens with zero attached hydrogens (tertiary/aromatic N) is 4. The molecule has 4 unspecified atom stereocenters. The van der Waals surface area contributed by atoms with Gasteiger partial charge in [-0.25, -0.2) is 0 Å². The minimum atomic E-state index is -1.21. The summed E-state index contributed by atoms with van der Waals surface area (Å²) in [5.41, 5.74) is -0.661. The molecule has 0 amide bonds. The quantitative estimate of drug-likeness (QED) is 0.393. The molecule has 1 saturated carbocycles. The molecular formula is C22H22N4O11. The van der Waals surface area contributed by atoms with Crippen LogP contribution in [0.1, 0.15) is 29.9 Å². The van der Waals surface area contributed by atoms with Gasteiger partial charge in [-0.05, 0) is 48.6 Å². The molecule has 3 N–H and O–H groups in total. The highest BCUT2D eigenvalue weighted by Gasteiger charge is 2.52. The number of aromatic hydroxyl groups is 1. The highest BCUT2D eigenvalue weighted by molar-refractivity contribution is 5.64. The Hall–Kier alpha value is -4.08. The van der Waals surface area contributed by atoms with Crippen LogP contribution in [0.25, 0.3) is 0 Å². The summed E-state index contributed by atoms with van der Waals surface area (Å²) in [6.45, 7) is 2.23. The number of hydrogen-bond acceptors (Lipinski definition) is 12. The number of ether oxygens (including phenoxy) is 2. The van der Waals surface area contributed by atoms with Gasteiger partial charge in [-0.3, -0.25) is 35.2 Å². The molecule has 5 atom stereocenters. The largest absolute Gasteiger partial charge is 0.497 e. The lowest BCUT2D eigenvalue weighted by atomic mass is 9.68. The molecule has 37 heavy (non-hydrogen) atoms.